The minimum atomic E-state index is 1.09. The van der Waals surface area contributed by atoms with E-state index in [1.807, 2.05) is 0 Å². The molecule has 0 bridgehead atoms. The summed E-state index contributed by atoms with van der Waals surface area (Å²) < 4.78 is 0. The minimum Gasteiger partial charge on any atom is -0.0844 e. The molecular weight excluding hydrogens is 96.1 g/mol. The molecule has 0 radical (unpaired) electrons. The van der Waals surface area contributed by atoms with E-state index in [9.17, 15) is 0 Å². The molecular formula is C8H10. The van der Waals surface area contributed by atoms with Crippen LogP contribution in [0.25, 0.3) is 0 Å². The molecule has 42 valence electrons. The summed E-state index contributed by atoms with van der Waals surface area (Å²) in [7, 11) is 0. The molecule has 0 amide bonds. The zero-order chi connectivity index (χ0) is 5.66. The first kappa shape index (κ1) is 5.36. The highest BCUT2D eigenvalue weighted by Crippen LogP contribution is 1.95. The summed E-state index contributed by atoms with van der Waals surface area (Å²) in [6.07, 6.45) is 15.0. The third-order valence-corrected chi connectivity index (χ3v) is 1.09. The maximum absolute atomic E-state index is 2.18. The van der Waals surface area contributed by atoms with E-state index < -0.39 is 0 Å². The first-order valence-electron chi connectivity index (χ1n) is 2.97. The van der Waals surface area contributed by atoms with Crippen molar-refractivity contribution in [2.45, 2.75) is 12.8 Å². The smallest absolute Gasteiger partial charge is 0.0166 e. The van der Waals surface area contributed by atoms with Crippen LogP contribution in [0.2, 0.25) is 0 Å². The van der Waals surface area contributed by atoms with E-state index in [-0.39, 0.29) is 0 Å². The fourth-order valence-corrected chi connectivity index (χ4v) is 0.664. The van der Waals surface area contributed by atoms with Gasteiger partial charge >= 0.3 is 0 Å². The molecule has 1 aliphatic carbocycles. The van der Waals surface area contributed by atoms with Gasteiger partial charge in [-0.25, -0.2) is 0 Å². The maximum atomic E-state index is 2.18. The third kappa shape index (κ3) is 1.78. The van der Waals surface area contributed by atoms with Gasteiger partial charge in [0.1, 0.15) is 0 Å². The lowest BCUT2D eigenvalue weighted by Gasteiger charge is -1.85. The Bertz CT molecular complexity index is 111. The van der Waals surface area contributed by atoms with Gasteiger partial charge < -0.3 is 0 Å². The molecule has 0 aromatic heterocycles. The van der Waals surface area contributed by atoms with Crippen LogP contribution in [0.1, 0.15) is 12.8 Å². The van der Waals surface area contributed by atoms with Crippen LogP contribution in [0.3, 0.4) is 0 Å². The van der Waals surface area contributed by atoms with Gasteiger partial charge in [-0.05, 0) is 12.8 Å². The van der Waals surface area contributed by atoms with Crippen LogP contribution in [-0.4, -0.2) is 0 Å². The predicted octanol–water partition coefficient (Wildman–Crippen LogP) is 2.45. The Labute approximate surface area is 50.2 Å². The Kier molecular flexibility index (Phi) is 2.18. The van der Waals surface area contributed by atoms with Crippen molar-refractivity contribution in [2.75, 3.05) is 0 Å². The average molecular weight is 106 g/mol. The van der Waals surface area contributed by atoms with E-state index in [1.54, 1.807) is 0 Å². The van der Waals surface area contributed by atoms with Crippen molar-refractivity contribution in [1.29, 1.82) is 0 Å². The van der Waals surface area contributed by atoms with Crippen molar-refractivity contribution in [1.82, 2.24) is 0 Å². The summed E-state index contributed by atoms with van der Waals surface area (Å²) in [4.78, 5) is 0. The zero-order valence-electron chi connectivity index (χ0n) is 4.88. The van der Waals surface area contributed by atoms with Gasteiger partial charge in [0.15, 0.2) is 0 Å². The number of hydrogen-bond donors (Lipinski definition) is 0. The van der Waals surface area contributed by atoms with Crippen molar-refractivity contribution < 1.29 is 0 Å². The van der Waals surface area contributed by atoms with Crippen LogP contribution >= 0.6 is 0 Å². The van der Waals surface area contributed by atoms with Crippen molar-refractivity contribution in [2.24, 2.45) is 0 Å². The second kappa shape index (κ2) is 3.25. The second-order valence-electron chi connectivity index (χ2n) is 1.80. The largest absolute Gasteiger partial charge is 0.0844 e. The summed E-state index contributed by atoms with van der Waals surface area (Å²) in [5.41, 5.74) is 0. The van der Waals surface area contributed by atoms with Gasteiger partial charge in [0.25, 0.3) is 0 Å². The number of rotatable bonds is 0. The summed E-state index contributed by atoms with van der Waals surface area (Å²) >= 11 is 0. The maximum Gasteiger partial charge on any atom is -0.0166 e. The van der Waals surface area contributed by atoms with Gasteiger partial charge in [-0.2, -0.15) is 0 Å². The Morgan fingerprint density at radius 3 is 1.62 bits per heavy atom. The Morgan fingerprint density at radius 2 is 1.12 bits per heavy atom. The molecule has 0 fully saturated rings. The van der Waals surface area contributed by atoms with E-state index in [2.05, 4.69) is 36.5 Å². The molecule has 0 heterocycles. The van der Waals surface area contributed by atoms with Crippen molar-refractivity contribution >= 4 is 0 Å². The molecule has 8 heavy (non-hydrogen) atoms. The van der Waals surface area contributed by atoms with E-state index in [0.29, 0.717) is 0 Å². The number of allylic oxidation sites excluding steroid dienone is 6. The van der Waals surface area contributed by atoms with Crippen LogP contribution in [0.4, 0.5) is 0 Å². The van der Waals surface area contributed by atoms with Gasteiger partial charge in [-0.3, -0.25) is 0 Å². The van der Waals surface area contributed by atoms with E-state index >= 15 is 0 Å². The fraction of sp³-hybridized carbons (Fsp3) is 0.250. The molecule has 0 spiro atoms. The fourth-order valence-electron chi connectivity index (χ4n) is 0.664. The highest BCUT2D eigenvalue weighted by molar-refractivity contribution is 5.09. The molecule has 0 atom stereocenters. The van der Waals surface area contributed by atoms with E-state index in [1.165, 1.54) is 0 Å². The molecule has 0 aromatic rings. The third-order valence-electron chi connectivity index (χ3n) is 1.09. The summed E-state index contributed by atoms with van der Waals surface area (Å²) in [6, 6.07) is 0. The molecule has 1 rings (SSSR count). The molecule has 0 heteroatoms. The summed E-state index contributed by atoms with van der Waals surface area (Å²) in [5, 5.41) is 0. The summed E-state index contributed by atoms with van der Waals surface area (Å²) in [6.45, 7) is 0. The number of hydrogen-bond acceptors (Lipinski definition) is 0. The topological polar surface area (TPSA) is 0 Å². The predicted molar refractivity (Wildman–Crippen MR) is 36.7 cm³/mol. The molecule has 0 saturated heterocycles. The SMILES string of the molecule is C1=CC/C=C\CC=C1. The zero-order valence-corrected chi connectivity index (χ0v) is 4.88. The van der Waals surface area contributed by atoms with Crippen LogP contribution in [0.15, 0.2) is 36.5 Å². The first-order chi connectivity index (χ1) is 4.00. The Morgan fingerprint density at radius 1 is 0.625 bits per heavy atom. The average Bonchev–Trinajstić information content (AvgIpc) is 1.62. The molecule has 0 unspecified atom stereocenters. The van der Waals surface area contributed by atoms with Crippen LogP contribution in [0.5, 0.6) is 0 Å². The standard InChI is InChI=1S/C8H10/c1-2-4-6-8-7-5-3-1/h1-4,7-8H,5-6H2/b3-1?,4-2?,8-7-. The lowest BCUT2D eigenvalue weighted by atomic mass is 10.2. The van der Waals surface area contributed by atoms with E-state index in [4.69, 9.17) is 0 Å². The quantitative estimate of drug-likeness (QED) is 0.416. The van der Waals surface area contributed by atoms with Crippen LogP contribution in [0, 0.1) is 0 Å². The Hall–Kier alpha value is -0.780. The molecule has 0 aromatic carbocycles. The van der Waals surface area contributed by atoms with Crippen LogP contribution < -0.4 is 0 Å². The highest BCUT2D eigenvalue weighted by atomic mass is 13.8. The van der Waals surface area contributed by atoms with Crippen molar-refractivity contribution in [3.8, 4) is 0 Å². The minimum absolute atomic E-state index is 1.09. The van der Waals surface area contributed by atoms with Gasteiger partial charge in [-0.15, -0.1) is 0 Å². The molecule has 0 aliphatic heterocycles. The lowest BCUT2D eigenvalue weighted by molar-refractivity contribution is 1.29. The normalized spacial score (nSPS) is 22.0. The van der Waals surface area contributed by atoms with Gasteiger partial charge in [0, 0.05) is 0 Å². The van der Waals surface area contributed by atoms with Crippen molar-refractivity contribution in [3.05, 3.63) is 36.5 Å². The van der Waals surface area contributed by atoms with Gasteiger partial charge in [0.05, 0.1) is 0 Å². The summed E-state index contributed by atoms with van der Waals surface area (Å²) in [5.74, 6) is 0. The lowest BCUT2D eigenvalue weighted by Crippen LogP contribution is -1.64. The monoisotopic (exact) mass is 106 g/mol. The second-order valence-corrected chi connectivity index (χ2v) is 1.80. The molecule has 0 saturated carbocycles. The van der Waals surface area contributed by atoms with Gasteiger partial charge in [-0.1, -0.05) is 36.5 Å². The molecule has 1 aliphatic rings. The van der Waals surface area contributed by atoms with Crippen molar-refractivity contribution in [3.63, 3.8) is 0 Å². The molecule has 0 N–H and O–H groups in total. The van der Waals surface area contributed by atoms with Crippen LogP contribution in [-0.2, 0) is 0 Å². The Balaban J connectivity index is 2.51. The van der Waals surface area contributed by atoms with Gasteiger partial charge in [0.2, 0.25) is 0 Å². The molecule has 0 nitrogen and oxygen atoms in total. The van der Waals surface area contributed by atoms with E-state index in [0.717, 1.165) is 12.8 Å². The first-order valence-corrected chi connectivity index (χ1v) is 2.97. The highest BCUT2D eigenvalue weighted by Gasteiger charge is 1.74.